The molecule has 3 rings (SSSR count). The van der Waals surface area contributed by atoms with E-state index in [2.05, 4.69) is 5.10 Å². The Hall–Kier alpha value is -1.84. The monoisotopic (exact) mass is 307 g/mol. The summed E-state index contributed by atoms with van der Waals surface area (Å²) in [5.41, 5.74) is 1.71. The number of hydrogen-bond donors (Lipinski definition) is 0. The van der Waals surface area contributed by atoms with Crippen LogP contribution in [0.3, 0.4) is 0 Å². The molecule has 0 saturated heterocycles. The molecule has 7 heteroatoms. The zero-order valence-electron chi connectivity index (χ0n) is 10.3. The van der Waals surface area contributed by atoms with Gasteiger partial charge in [0.1, 0.15) is 0 Å². The first-order valence-corrected chi connectivity index (χ1v) is 7.89. The van der Waals surface area contributed by atoms with E-state index in [1.165, 1.54) is 12.4 Å². The molecule has 0 bridgehead atoms. The van der Waals surface area contributed by atoms with Gasteiger partial charge in [-0.05, 0) is 36.6 Å². The van der Waals surface area contributed by atoms with Crippen molar-refractivity contribution in [3.8, 4) is 17.2 Å². The molecule has 0 atom stereocenters. The molecule has 102 valence electrons. The zero-order valence-corrected chi connectivity index (χ0v) is 11.9. The van der Waals surface area contributed by atoms with Gasteiger partial charge in [0.2, 0.25) is 0 Å². The molecular weight excluding hydrogens is 298 g/mol. The summed E-state index contributed by atoms with van der Waals surface area (Å²) in [4.78, 5) is 0. The second-order valence-electron chi connectivity index (χ2n) is 4.69. The van der Waals surface area contributed by atoms with Gasteiger partial charge in [0.15, 0.2) is 0 Å². The van der Waals surface area contributed by atoms with E-state index >= 15 is 0 Å². The van der Waals surface area contributed by atoms with Gasteiger partial charge in [-0.1, -0.05) is 11.6 Å². The SMILES string of the molecule is N#Cc1cc(Cl)cc(-c2cnn(S(=O)(=O)C3CC3)c2)c1. The zero-order chi connectivity index (χ0) is 14.3. The first kappa shape index (κ1) is 13.2. The van der Waals surface area contributed by atoms with Crippen LogP contribution in [0.25, 0.3) is 11.1 Å². The van der Waals surface area contributed by atoms with Gasteiger partial charge < -0.3 is 0 Å². The number of benzene rings is 1. The van der Waals surface area contributed by atoms with E-state index in [4.69, 9.17) is 16.9 Å². The average Bonchev–Trinajstić information content (AvgIpc) is 3.15. The molecule has 0 aliphatic heterocycles. The number of halogens is 1. The minimum atomic E-state index is -3.37. The van der Waals surface area contributed by atoms with Gasteiger partial charge in [0.05, 0.1) is 29.3 Å². The number of nitrogens with zero attached hydrogens (tertiary/aromatic N) is 3. The molecule has 1 aliphatic carbocycles. The lowest BCUT2D eigenvalue weighted by Crippen LogP contribution is -2.17. The van der Waals surface area contributed by atoms with Crippen LogP contribution in [0.2, 0.25) is 5.02 Å². The Kier molecular flexibility index (Phi) is 3.04. The molecule has 1 fully saturated rings. The van der Waals surface area contributed by atoms with Crippen molar-refractivity contribution in [1.29, 1.82) is 5.26 Å². The first-order valence-electron chi connectivity index (χ1n) is 6.01. The van der Waals surface area contributed by atoms with Gasteiger partial charge in [-0.15, -0.1) is 0 Å². The van der Waals surface area contributed by atoms with Crippen LogP contribution in [0, 0.1) is 11.3 Å². The Bertz CT molecular complexity index is 816. The summed E-state index contributed by atoms with van der Waals surface area (Å²) in [7, 11) is -3.37. The van der Waals surface area contributed by atoms with Crippen LogP contribution in [-0.2, 0) is 10.0 Å². The van der Waals surface area contributed by atoms with Crippen LogP contribution in [0.1, 0.15) is 18.4 Å². The van der Waals surface area contributed by atoms with Crippen molar-refractivity contribution in [3.05, 3.63) is 41.2 Å². The third-order valence-corrected chi connectivity index (χ3v) is 5.38. The summed E-state index contributed by atoms with van der Waals surface area (Å²) < 4.78 is 25.1. The molecule has 20 heavy (non-hydrogen) atoms. The second-order valence-corrected chi connectivity index (χ2v) is 7.19. The molecule has 0 radical (unpaired) electrons. The molecule has 1 aromatic heterocycles. The van der Waals surface area contributed by atoms with Crippen molar-refractivity contribution in [1.82, 2.24) is 9.19 Å². The normalized spacial score (nSPS) is 15.0. The van der Waals surface area contributed by atoms with Gasteiger partial charge in [-0.2, -0.15) is 14.4 Å². The van der Waals surface area contributed by atoms with Crippen LogP contribution >= 0.6 is 11.6 Å². The number of aromatic nitrogens is 2. The third-order valence-electron chi connectivity index (χ3n) is 3.13. The summed E-state index contributed by atoms with van der Waals surface area (Å²) in [5, 5.41) is 12.9. The van der Waals surface area contributed by atoms with E-state index in [-0.39, 0.29) is 5.25 Å². The van der Waals surface area contributed by atoms with E-state index in [9.17, 15) is 8.42 Å². The Labute approximate surface area is 121 Å². The largest absolute Gasteiger partial charge is 0.256 e. The average molecular weight is 308 g/mol. The summed E-state index contributed by atoms with van der Waals surface area (Å²) in [5.74, 6) is 0. The van der Waals surface area contributed by atoms with Crippen LogP contribution in [0.5, 0.6) is 0 Å². The van der Waals surface area contributed by atoms with Crippen molar-refractivity contribution in [2.24, 2.45) is 0 Å². The van der Waals surface area contributed by atoms with Crippen LogP contribution in [-0.4, -0.2) is 22.9 Å². The fraction of sp³-hybridized carbons (Fsp3) is 0.231. The first-order chi connectivity index (χ1) is 9.50. The van der Waals surface area contributed by atoms with Crippen molar-refractivity contribution < 1.29 is 8.42 Å². The summed E-state index contributed by atoms with van der Waals surface area (Å²) in [6.45, 7) is 0. The lowest BCUT2D eigenvalue weighted by atomic mass is 10.1. The molecule has 2 aromatic rings. The van der Waals surface area contributed by atoms with Crippen LogP contribution in [0.4, 0.5) is 0 Å². The highest BCUT2D eigenvalue weighted by Gasteiger charge is 2.37. The Morgan fingerprint density at radius 2 is 2.05 bits per heavy atom. The maximum absolute atomic E-state index is 12.1. The molecule has 1 saturated carbocycles. The van der Waals surface area contributed by atoms with E-state index in [1.807, 2.05) is 6.07 Å². The minimum absolute atomic E-state index is 0.315. The van der Waals surface area contributed by atoms with Gasteiger partial charge in [0, 0.05) is 10.6 Å². The predicted octanol–water partition coefficient (Wildman–Crippen LogP) is 2.42. The van der Waals surface area contributed by atoms with Gasteiger partial charge >= 0.3 is 0 Å². The highest BCUT2D eigenvalue weighted by molar-refractivity contribution is 7.90. The van der Waals surface area contributed by atoms with Crippen molar-refractivity contribution in [2.45, 2.75) is 18.1 Å². The fourth-order valence-electron chi connectivity index (χ4n) is 1.93. The quantitative estimate of drug-likeness (QED) is 0.872. The molecule has 1 aliphatic rings. The van der Waals surface area contributed by atoms with Crippen molar-refractivity contribution in [3.63, 3.8) is 0 Å². The molecule has 5 nitrogen and oxygen atoms in total. The molecule has 0 amide bonds. The molecular formula is C13H10ClN3O2S. The fourth-order valence-corrected chi connectivity index (χ4v) is 3.64. The van der Waals surface area contributed by atoms with Gasteiger partial charge in [-0.25, -0.2) is 8.42 Å². The highest BCUT2D eigenvalue weighted by atomic mass is 35.5. The lowest BCUT2D eigenvalue weighted by molar-refractivity contribution is 0.578. The topological polar surface area (TPSA) is 75.8 Å². The molecule has 0 spiro atoms. The van der Waals surface area contributed by atoms with Crippen LogP contribution in [0.15, 0.2) is 30.6 Å². The van der Waals surface area contributed by atoms with Crippen LogP contribution < -0.4 is 0 Å². The number of hydrogen-bond acceptors (Lipinski definition) is 4. The van der Waals surface area contributed by atoms with E-state index < -0.39 is 10.0 Å². The lowest BCUT2D eigenvalue weighted by Gasteiger charge is -2.01. The summed E-state index contributed by atoms with van der Waals surface area (Å²) >= 11 is 5.94. The van der Waals surface area contributed by atoms with E-state index in [0.29, 0.717) is 34.6 Å². The van der Waals surface area contributed by atoms with Gasteiger partial charge in [-0.3, -0.25) is 0 Å². The molecule has 0 unspecified atom stereocenters. The summed E-state index contributed by atoms with van der Waals surface area (Å²) in [6.07, 6.45) is 4.30. The second kappa shape index (κ2) is 4.62. The minimum Gasteiger partial charge on any atom is -0.204 e. The third kappa shape index (κ3) is 2.30. The van der Waals surface area contributed by atoms with Crippen molar-refractivity contribution in [2.75, 3.05) is 0 Å². The molecule has 1 aromatic carbocycles. The van der Waals surface area contributed by atoms with Crippen molar-refractivity contribution >= 4 is 21.6 Å². The highest BCUT2D eigenvalue weighted by Crippen LogP contribution is 2.31. The maximum atomic E-state index is 12.1. The molecule has 1 heterocycles. The van der Waals surface area contributed by atoms with E-state index in [0.717, 1.165) is 4.09 Å². The smallest absolute Gasteiger partial charge is 0.204 e. The summed E-state index contributed by atoms with van der Waals surface area (Å²) in [6, 6.07) is 6.89. The predicted molar refractivity (Wildman–Crippen MR) is 74.7 cm³/mol. The maximum Gasteiger partial charge on any atom is 0.256 e. The Morgan fingerprint density at radius 3 is 2.70 bits per heavy atom. The number of nitriles is 1. The number of rotatable bonds is 3. The Morgan fingerprint density at radius 1 is 1.30 bits per heavy atom. The standard InChI is InChI=1S/C13H10ClN3O2S/c14-12-4-9(6-15)3-10(5-12)11-7-16-17(8-11)20(18,19)13-1-2-13/h3-5,7-8,13H,1-2H2. The Balaban J connectivity index is 2.02. The van der Waals surface area contributed by atoms with Gasteiger partial charge in [0.25, 0.3) is 10.0 Å². The molecule has 0 N–H and O–H groups in total. The van der Waals surface area contributed by atoms with E-state index in [1.54, 1.807) is 18.2 Å².